The van der Waals surface area contributed by atoms with Crippen LogP contribution in [0.2, 0.25) is 0 Å². The van der Waals surface area contributed by atoms with Gasteiger partial charge in [-0.15, -0.1) is 0 Å². The van der Waals surface area contributed by atoms with Gasteiger partial charge in [-0.25, -0.2) is 0 Å². The van der Waals surface area contributed by atoms with Gasteiger partial charge in [0.25, 0.3) is 0 Å². The van der Waals surface area contributed by atoms with Crippen molar-refractivity contribution in [1.82, 2.24) is 0 Å². The van der Waals surface area contributed by atoms with Crippen LogP contribution >= 0.6 is 0 Å². The quantitative estimate of drug-likeness (QED) is 0.884. The number of benzene rings is 1. The molecule has 2 heterocycles. The lowest BCUT2D eigenvalue weighted by Crippen LogP contribution is -2.59. The lowest BCUT2D eigenvalue weighted by atomic mass is 10.0. The molecule has 2 fully saturated rings. The van der Waals surface area contributed by atoms with Crippen LogP contribution in [-0.2, 0) is 30.3 Å². The Morgan fingerprint density at radius 1 is 1.22 bits per heavy atom. The molecule has 0 aromatic heterocycles. The van der Waals surface area contributed by atoms with Crippen molar-refractivity contribution in [1.29, 1.82) is 0 Å². The van der Waals surface area contributed by atoms with Crippen molar-refractivity contribution >= 4 is 0 Å². The number of aliphatic hydroxyl groups is 1. The lowest BCUT2D eigenvalue weighted by Gasteiger charge is -2.44. The van der Waals surface area contributed by atoms with E-state index in [0.717, 1.165) is 5.56 Å². The minimum Gasteiger partial charge on any atom is -0.394 e. The maximum absolute atomic E-state index is 9.66. The van der Waals surface area contributed by atoms with E-state index in [2.05, 4.69) is 0 Å². The van der Waals surface area contributed by atoms with E-state index in [0.29, 0.717) is 6.61 Å². The third-order valence-corrected chi connectivity index (χ3v) is 4.29. The van der Waals surface area contributed by atoms with E-state index in [4.69, 9.17) is 23.7 Å². The minimum absolute atomic E-state index is 0.176. The molecule has 0 aliphatic carbocycles. The van der Waals surface area contributed by atoms with Gasteiger partial charge in [-0.2, -0.15) is 0 Å². The molecule has 0 bridgehead atoms. The van der Waals surface area contributed by atoms with Gasteiger partial charge in [0.05, 0.1) is 13.2 Å². The summed E-state index contributed by atoms with van der Waals surface area (Å²) in [6, 6.07) is 9.85. The van der Waals surface area contributed by atoms with E-state index >= 15 is 0 Å². The molecule has 0 amide bonds. The van der Waals surface area contributed by atoms with Gasteiger partial charge in [0.1, 0.15) is 24.9 Å². The molecular formula is C17H24O6. The number of rotatable bonds is 5. The van der Waals surface area contributed by atoms with Gasteiger partial charge in [-0.05, 0) is 19.4 Å². The molecule has 1 N–H and O–H groups in total. The highest BCUT2D eigenvalue weighted by Crippen LogP contribution is 2.42. The topological polar surface area (TPSA) is 66.4 Å². The third kappa shape index (κ3) is 3.28. The van der Waals surface area contributed by atoms with Crippen LogP contribution in [0.3, 0.4) is 0 Å². The average molecular weight is 324 g/mol. The van der Waals surface area contributed by atoms with Gasteiger partial charge in [-0.1, -0.05) is 30.3 Å². The maximum Gasteiger partial charge on any atom is 0.222 e. The summed E-state index contributed by atoms with van der Waals surface area (Å²) < 4.78 is 29.2. The number of methoxy groups -OCH3 is 1. The van der Waals surface area contributed by atoms with E-state index in [1.165, 1.54) is 0 Å². The summed E-state index contributed by atoms with van der Waals surface area (Å²) in [6.45, 7) is 4.14. The molecule has 1 aromatic carbocycles. The Morgan fingerprint density at radius 2 is 1.96 bits per heavy atom. The van der Waals surface area contributed by atoms with Gasteiger partial charge in [0, 0.05) is 7.11 Å². The molecule has 4 atom stereocenters. The van der Waals surface area contributed by atoms with Crippen molar-refractivity contribution in [2.45, 2.75) is 50.3 Å². The first-order valence-corrected chi connectivity index (χ1v) is 7.81. The van der Waals surface area contributed by atoms with Gasteiger partial charge < -0.3 is 28.8 Å². The molecular weight excluding hydrogens is 300 g/mol. The molecule has 2 aliphatic heterocycles. The van der Waals surface area contributed by atoms with Gasteiger partial charge in [0.2, 0.25) is 5.79 Å². The predicted octanol–water partition coefficient (Wildman–Crippen LogP) is 1.46. The Bertz CT molecular complexity index is 519. The average Bonchev–Trinajstić information content (AvgIpc) is 2.86. The SMILES string of the molecule is CO[C@]12COC(C)(C)O[C@H]1[C@H](OCc1ccccc1)[C@@H](CO)O2. The summed E-state index contributed by atoms with van der Waals surface area (Å²) in [5.74, 6) is -1.81. The van der Waals surface area contributed by atoms with Crippen molar-refractivity contribution in [2.75, 3.05) is 20.3 Å². The Hall–Kier alpha value is -1.02. The molecule has 0 spiro atoms. The number of hydrogen-bond acceptors (Lipinski definition) is 6. The van der Waals surface area contributed by atoms with Gasteiger partial charge in [0.15, 0.2) is 5.79 Å². The summed E-state index contributed by atoms with van der Waals surface area (Å²) in [4.78, 5) is 0. The molecule has 128 valence electrons. The normalized spacial score (nSPS) is 35.9. The number of aliphatic hydroxyl groups excluding tert-OH is 1. The third-order valence-electron chi connectivity index (χ3n) is 4.29. The van der Waals surface area contributed by atoms with Crippen LogP contribution in [0.4, 0.5) is 0 Å². The van der Waals surface area contributed by atoms with Crippen molar-refractivity contribution in [3.8, 4) is 0 Å². The Morgan fingerprint density at radius 3 is 2.61 bits per heavy atom. The van der Waals surface area contributed by atoms with Crippen LogP contribution < -0.4 is 0 Å². The fourth-order valence-corrected chi connectivity index (χ4v) is 3.05. The summed E-state index contributed by atoms with van der Waals surface area (Å²) in [7, 11) is 1.55. The van der Waals surface area contributed by atoms with Crippen LogP contribution in [0.25, 0.3) is 0 Å². The number of fused-ring (bicyclic) bond motifs is 1. The van der Waals surface area contributed by atoms with Crippen molar-refractivity contribution in [2.24, 2.45) is 0 Å². The number of hydrogen-bond donors (Lipinski definition) is 1. The Balaban J connectivity index is 1.78. The second-order valence-corrected chi connectivity index (χ2v) is 6.34. The van der Waals surface area contributed by atoms with Crippen LogP contribution in [0.1, 0.15) is 19.4 Å². The molecule has 0 unspecified atom stereocenters. The smallest absolute Gasteiger partial charge is 0.222 e. The van der Waals surface area contributed by atoms with Crippen LogP contribution in [-0.4, -0.2) is 55.3 Å². The molecule has 0 radical (unpaired) electrons. The second-order valence-electron chi connectivity index (χ2n) is 6.34. The monoisotopic (exact) mass is 324 g/mol. The fraction of sp³-hybridized carbons (Fsp3) is 0.647. The van der Waals surface area contributed by atoms with E-state index < -0.39 is 29.9 Å². The number of ether oxygens (including phenoxy) is 5. The van der Waals surface area contributed by atoms with Crippen LogP contribution in [0.15, 0.2) is 30.3 Å². The standard InChI is InChI=1S/C17H24O6/c1-16(2)21-11-17(19-3)15(23-16)14(13(9-18)22-17)20-10-12-7-5-4-6-8-12/h4-8,13-15,18H,9-11H2,1-3H3/t13-,14-,15+,17+/m1/s1. The van der Waals surface area contributed by atoms with E-state index in [9.17, 15) is 5.11 Å². The fourth-order valence-electron chi connectivity index (χ4n) is 3.05. The molecule has 23 heavy (non-hydrogen) atoms. The largest absolute Gasteiger partial charge is 0.394 e. The summed E-state index contributed by atoms with van der Waals surface area (Å²) >= 11 is 0. The highest BCUT2D eigenvalue weighted by Gasteiger charge is 2.61. The molecule has 1 aromatic rings. The summed E-state index contributed by atoms with van der Waals surface area (Å²) in [5.41, 5.74) is 1.05. The zero-order valence-electron chi connectivity index (χ0n) is 13.7. The Kier molecular flexibility index (Phi) is 4.73. The first kappa shape index (κ1) is 16.8. The molecule has 2 aliphatic rings. The molecule has 2 saturated heterocycles. The lowest BCUT2D eigenvalue weighted by molar-refractivity contribution is -0.385. The predicted molar refractivity (Wildman–Crippen MR) is 81.6 cm³/mol. The van der Waals surface area contributed by atoms with Gasteiger partial charge in [-0.3, -0.25) is 0 Å². The molecule has 6 heteroatoms. The minimum atomic E-state index is -1.05. The van der Waals surface area contributed by atoms with E-state index in [1.807, 2.05) is 44.2 Å². The molecule has 6 nitrogen and oxygen atoms in total. The van der Waals surface area contributed by atoms with Crippen molar-refractivity contribution in [3.05, 3.63) is 35.9 Å². The van der Waals surface area contributed by atoms with Crippen LogP contribution in [0.5, 0.6) is 0 Å². The van der Waals surface area contributed by atoms with Crippen molar-refractivity contribution < 1.29 is 28.8 Å². The first-order valence-electron chi connectivity index (χ1n) is 7.81. The zero-order chi connectivity index (χ0) is 16.5. The molecule has 0 saturated carbocycles. The highest BCUT2D eigenvalue weighted by molar-refractivity contribution is 5.13. The summed E-state index contributed by atoms with van der Waals surface area (Å²) in [6.07, 6.45) is -1.44. The summed E-state index contributed by atoms with van der Waals surface area (Å²) in [5, 5.41) is 9.66. The molecule has 3 rings (SSSR count). The Labute approximate surface area is 136 Å². The van der Waals surface area contributed by atoms with Gasteiger partial charge >= 0.3 is 0 Å². The highest BCUT2D eigenvalue weighted by atomic mass is 16.8. The van der Waals surface area contributed by atoms with E-state index in [1.54, 1.807) is 7.11 Å². The van der Waals surface area contributed by atoms with Crippen LogP contribution in [0, 0.1) is 0 Å². The first-order chi connectivity index (χ1) is 11.0. The maximum atomic E-state index is 9.66. The van der Waals surface area contributed by atoms with Crippen molar-refractivity contribution in [3.63, 3.8) is 0 Å². The second kappa shape index (κ2) is 6.47. The zero-order valence-corrected chi connectivity index (χ0v) is 13.7. The van der Waals surface area contributed by atoms with E-state index in [-0.39, 0.29) is 13.2 Å².